The molecule has 1 aromatic carbocycles. The molecule has 6 aromatic heterocycles. The van der Waals surface area contributed by atoms with E-state index in [0.29, 0.717) is 11.4 Å². The normalized spacial score (nSPS) is 9.82. The maximum atomic E-state index is 10.7. The van der Waals surface area contributed by atoms with E-state index in [4.69, 9.17) is 15.9 Å². The molecule has 0 spiro atoms. The first-order chi connectivity index (χ1) is 23.4. The van der Waals surface area contributed by atoms with Gasteiger partial charge in [0.05, 0.1) is 40.1 Å². The summed E-state index contributed by atoms with van der Waals surface area (Å²) in [5.41, 5.74) is 6.77. The summed E-state index contributed by atoms with van der Waals surface area (Å²) in [6.45, 7) is 0. The second kappa shape index (κ2) is 19.5. The molecule has 0 fully saturated rings. The van der Waals surface area contributed by atoms with Gasteiger partial charge in [0.2, 0.25) is 0 Å². The molecule has 0 saturated carbocycles. The van der Waals surface area contributed by atoms with Crippen LogP contribution in [0, 0.1) is 0 Å². The van der Waals surface area contributed by atoms with Crippen LogP contribution in [0.2, 0.25) is 0 Å². The number of carbonyl (C=O) groups is 1. The molecule has 0 amide bonds. The molecule has 0 aliphatic heterocycles. The number of benzene rings is 1. The molecule has 7 rings (SSSR count). The zero-order valence-corrected chi connectivity index (χ0v) is 29.9. The standard InChI is InChI=1S/C23H17N3S.C11H8N2O2.2CNS.Ru/c1-26-22-10-8-16(7-9-17-5-4-12-27-17)13-18(22)19-14-21(25-15-23(19)26)20-6-2-3-11-24-20;14-11(15)8-4-6-13-10(7-8)9-3-1-2-5-12-9;2*2-1-3;/h2-15H,1H3;1-7H,(H,14,15);;;/q;;2*-1;+2/b9-7+;;;;. The molecule has 6 heterocycles. The molecule has 242 valence electrons. The molecule has 0 radical (unpaired) electrons. The number of aromatic carboxylic acids is 1. The quantitative estimate of drug-likeness (QED) is 0.104. The summed E-state index contributed by atoms with van der Waals surface area (Å²) in [6, 6.07) is 27.2. The third kappa shape index (κ3) is 10.4. The van der Waals surface area contributed by atoms with Crippen LogP contribution in [0.4, 0.5) is 0 Å². The monoisotopic (exact) mass is 785 g/mol. The Balaban J connectivity index is 0.000000251. The van der Waals surface area contributed by atoms with Crippen LogP contribution in [0.5, 0.6) is 0 Å². The second-order valence-electron chi connectivity index (χ2n) is 9.62. The van der Waals surface area contributed by atoms with Crippen LogP contribution in [0.3, 0.4) is 0 Å². The van der Waals surface area contributed by atoms with Gasteiger partial charge < -0.3 is 20.5 Å². The summed E-state index contributed by atoms with van der Waals surface area (Å²) < 4.78 is 2.20. The van der Waals surface area contributed by atoms with Crippen LogP contribution in [0.25, 0.3) is 67.6 Å². The van der Waals surface area contributed by atoms with Crippen molar-refractivity contribution in [2.24, 2.45) is 7.05 Å². The van der Waals surface area contributed by atoms with Crippen molar-refractivity contribution >= 4 is 86.0 Å². The molecule has 0 unspecified atom stereocenters. The third-order valence-corrected chi connectivity index (χ3v) is 7.60. The number of nitrogens with zero attached hydrogens (tertiary/aromatic N) is 7. The van der Waals surface area contributed by atoms with Crippen molar-refractivity contribution in [3.05, 3.63) is 142 Å². The van der Waals surface area contributed by atoms with E-state index in [1.54, 1.807) is 35.9 Å². The number of thiophene rings is 1. The van der Waals surface area contributed by atoms with Crippen LogP contribution < -0.4 is 0 Å². The van der Waals surface area contributed by atoms with Crippen LogP contribution in [-0.2, 0) is 26.5 Å². The summed E-state index contributed by atoms with van der Waals surface area (Å²) in [6.07, 6.45) is 11.2. The molecular weight excluding hydrogens is 760 g/mol. The van der Waals surface area contributed by atoms with E-state index in [2.05, 4.69) is 110 Å². The summed E-state index contributed by atoms with van der Waals surface area (Å²) in [4.78, 5) is 29.2. The van der Waals surface area contributed by atoms with Gasteiger partial charge in [0, 0.05) is 46.8 Å². The molecule has 0 bridgehead atoms. The molecule has 1 N–H and O–H groups in total. The van der Waals surface area contributed by atoms with Gasteiger partial charge in [-0.2, -0.15) is 10.3 Å². The Morgan fingerprint density at radius 3 is 1.94 bits per heavy atom. The molecule has 0 aliphatic carbocycles. The first-order valence-electron chi connectivity index (χ1n) is 14.0. The molecule has 0 atom stereocenters. The van der Waals surface area contributed by atoms with E-state index < -0.39 is 5.97 Å². The topological polar surface area (TPSA) is 138 Å². The Labute approximate surface area is 309 Å². The number of carboxylic acid groups (broad SMARTS) is 1. The number of hydrogen-bond donors (Lipinski definition) is 1. The molecule has 7 aromatic rings. The van der Waals surface area contributed by atoms with Gasteiger partial charge in [-0.05, 0) is 77.7 Å². The van der Waals surface area contributed by atoms with Gasteiger partial charge >= 0.3 is 25.4 Å². The maximum Gasteiger partial charge on any atom is 2.00 e. The first-order valence-corrected chi connectivity index (χ1v) is 15.7. The fourth-order valence-corrected chi connectivity index (χ4v) is 5.28. The van der Waals surface area contributed by atoms with Crippen LogP contribution in [0.15, 0.2) is 115 Å². The number of rotatable bonds is 5. The van der Waals surface area contributed by atoms with E-state index in [0.717, 1.165) is 16.9 Å². The Hall–Kier alpha value is -5.25. The Morgan fingerprint density at radius 1 is 0.755 bits per heavy atom. The SMILES string of the molecule is Cn1c2ccc(/C=C/c3cccs3)cc2c2cc(-c3ccccn3)ncc21.O=C(O)c1ccnc(-c2ccccn2)c1.[N-]=C=S.[N-]=C=S.[Ru+2]. The van der Waals surface area contributed by atoms with Crippen molar-refractivity contribution in [3.8, 4) is 22.8 Å². The number of carboxylic acids is 1. The average Bonchev–Trinajstić information content (AvgIpc) is 3.75. The number of pyridine rings is 4. The molecule has 0 aliphatic rings. The minimum Gasteiger partial charge on any atom is -0.753 e. The smallest absolute Gasteiger partial charge is 0.753 e. The summed E-state index contributed by atoms with van der Waals surface area (Å²) >= 11 is 9.14. The van der Waals surface area contributed by atoms with Gasteiger partial charge in [0.1, 0.15) is 0 Å². The fourth-order valence-electron chi connectivity index (χ4n) is 4.66. The number of fused-ring (bicyclic) bond motifs is 3. The predicted molar refractivity (Wildman–Crippen MR) is 201 cm³/mol. The summed E-state index contributed by atoms with van der Waals surface area (Å²) in [5, 5.41) is 30.3. The van der Waals surface area contributed by atoms with E-state index in [1.165, 1.54) is 55.4 Å². The number of thiocarbonyl (C=S) groups is 2. The summed E-state index contributed by atoms with van der Waals surface area (Å²) in [7, 11) is 2.09. The second-order valence-corrected chi connectivity index (χ2v) is 11.0. The molecule has 0 saturated heterocycles. The van der Waals surface area contributed by atoms with Crippen LogP contribution >= 0.6 is 35.8 Å². The number of hydrogen-bond acceptors (Lipinski definition) is 8. The van der Waals surface area contributed by atoms with Crippen molar-refractivity contribution in [1.82, 2.24) is 24.5 Å². The zero-order valence-electron chi connectivity index (χ0n) is 25.7. The minimum absolute atomic E-state index is 0. The van der Waals surface area contributed by atoms with Crippen molar-refractivity contribution in [3.63, 3.8) is 0 Å². The number of isothiocyanates is 2. The van der Waals surface area contributed by atoms with Crippen molar-refractivity contribution < 1.29 is 29.4 Å². The van der Waals surface area contributed by atoms with Crippen LogP contribution in [0.1, 0.15) is 20.8 Å². The van der Waals surface area contributed by atoms with E-state index in [1.807, 2.05) is 30.5 Å². The summed E-state index contributed by atoms with van der Waals surface area (Å²) in [5.74, 6) is -0.963. The van der Waals surface area contributed by atoms with Gasteiger partial charge in [-0.15, -0.1) is 11.3 Å². The van der Waals surface area contributed by atoms with Crippen molar-refractivity contribution in [2.75, 3.05) is 0 Å². The molecule has 49 heavy (non-hydrogen) atoms. The first kappa shape index (κ1) is 38.2. The Morgan fingerprint density at radius 2 is 1.37 bits per heavy atom. The van der Waals surface area contributed by atoms with Gasteiger partial charge in [-0.25, -0.2) is 4.79 Å². The number of aryl methyl sites for hydroxylation is 1. The molecular formula is C36H25N7O2RuS3. The predicted octanol–water partition coefficient (Wildman–Crippen LogP) is 9.18. The average molecular weight is 785 g/mol. The molecule has 13 heteroatoms. The van der Waals surface area contributed by atoms with Crippen LogP contribution in [-0.4, -0.2) is 45.9 Å². The largest absolute Gasteiger partial charge is 2.00 e. The van der Waals surface area contributed by atoms with Gasteiger partial charge in [-0.3, -0.25) is 19.9 Å². The Bertz CT molecular complexity index is 2220. The minimum atomic E-state index is -0.963. The van der Waals surface area contributed by atoms with E-state index in [9.17, 15) is 4.79 Å². The Kier molecular flexibility index (Phi) is 15.2. The van der Waals surface area contributed by atoms with Crippen molar-refractivity contribution in [1.29, 1.82) is 0 Å². The van der Waals surface area contributed by atoms with Gasteiger partial charge in [0.25, 0.3) is 0 Å². The molecule has 9 nitrogen and oxygen atoms in total. The van der Waals surface area contributed by atoms with Gasteiger partial charge in [0.15, 0.2) is 0 Å². The fraction of sp³-hybridized carbons (Fsp3) is 0.0278. The van der Waals surface area contributed by atoms with E-state index in [-0.39, 0.29) is 25.0 Å². The maximum absolute atomic E-state index is 10.7. The van der Waals surface area contributed by atoms with Gasteiger partial charge in [-0.1, -0.05) is 54.8 Å². The van der Waals surface area contributed by atoms with E-state index >= 15 is 0 Å². The number of aromatic nitrogens is 5. The third-order valence-electron chi connectivity index (χ3n) is 6.76. The zero-order chi connectivity index (χ0) is 34.3. The van der Waals surface area contributed by atoms with Crippen molar-refractivity contribution in [2.45, 2.75) is 0 Å².